The molecule has 0 aliphatic heterocycles. The number of nitrogens with one attached hydrogen (secondary N) is 2. The van der Waals surface area contributed by atoms with Gasteiger partial charge in [0.15, 0.2) is 5.76 Å². The maximum Gasteiger partial charge on any atom is 0.307 e. The highest BCUT2D eigenvalue weighted by Crippen LogP contribution is 2.22. The van der Waals surface area contributed by atoms with Crippen LogP contribution >= 0.6 is 11.3 Å². The zero-order valence-electron chi connectivity index (χ0n) is 13.3. The van der Waals surface area contributed by atoms with E-state index in [1.165, 1.54) is 30.8 Å². The Bertz CT molecular complexity index is 681. The molecule has 2 N–H and O–H groups in total. The van der Waals surface area contributed by atoms with Crippen LogP contribution in [0.15, 0.2) is 40.3 Å². The molecular formula is C16H18N2O5S. The summed E-state index contributed by atoms with van der Waals surface area (Å²) >= 11 is 1.42. The van der Waals surface area contributed by atoms with Gasteiger partial charge < -0.3 is 19.8 Å². The second-order valence-electron chi connectivity index (χ2n) is 5.03. The zero-order chi connectivity index (χ0) is 17.5. The molecule has 0 aliphatic carbocycles. The van der Waals surface area contributed by atoms with Crippen LogP contribution in [0.4, 0.5) is 0 Å². The maximum absolute atomic E-state index is 12.3. The first-order valence-electron chi connectivity index (χ1n) is 7.26. The average Bonchev–Trinajstić information content (AvgIpc) is 3.26. The van der Waals surface area contributed by atoms with Crippen LogP contribution in [-0.2, 0) is 14.3 Å². The number of carbonyl (C=O) groups excluding carboxylic acids is 3. The van der Waals surface area contributed by atoms with Gasteiger partial charge in [-0.05, 0) is 30.5 Å². The Morgan fingerprint density at radius 2 is 2.04 bits per heavy atom. The molecule has 2 atom stereocenters. The van der Waals surface area contributed by atoms with E-state index in [9.17, 15) is 14.4 Å². The monoisotopic (exact) mass is 350 g/mol. The van der Waals surface area contributed by atoms with Crippen molar-refractivity contribution >= 4 is 29.1 Å². The topological polar surface area (TPSA) is 97.6 Å². The van der Waals surface area contributed by atoms with Gasteiger partial charge in [0.1, 0.15) is 6.04 Å². The average molecular weight is 350 g/mol. The van der Waals surface area contributed by atoms with Gasteiger partial charge in [0.2, 0.25) is 5.91 Å². The number of hydrogen-bond acceptors (Lipinski definition) is 6. The molecule has 2 aromatic rings. The minimum absolute atomic E-state index is 0.0155. The number of thiophene rings is 1. The highest BCUT2D eigenvalue weighted by Gasteiger charge is 2.24. The lowest BCUT2D eigenvalue weighted by Crippen LogP contribution is -2.46. The SMILES string of the molecule is COC(=O)CC(NC(=O)C(C)NC(=O)c1ccco1)c1cccs1. The second-order valence-corrected chi connectivity index (χ2v) is 6.01. The largest absolute Gasteiger partial charge is 0.469 e. The highest BCUT2D eigenvalue weighted by atomic mass is 32.1. The summed E-state index contributed by atoms with van der Waals surface area (Å²) in [6.07, 6.45) is 1.39. The first-order chi connectivity index (χ1) is 11.5. The van der Waals surface area contributed by atoms with Crippen molar-refractivity contribution in [1.29, 1.82) is 0 Å². The molecule has 128 valence electrons. The number of ether oxygens (including phenoxy) is 1. The first kappa shape index (κ1) is 17.7. The van der Waals surface area contributed by atoms with Crippen molar-refractivity contribution in [2.45, 2.75) is 25.4 Å². The molecule has 0 spiro atoms. The third kappa shape index (κ3) is 4.69. The molecule has 2 heterocycles. The fraction of sp³-hybridized carbons (Fsp3) is 0.312. The lowest BCUT2D eigenvalue weighted by molar-refractivity contribution is -0.141. The predicted octanol–water partition coefficient (Wildman–Crippen LogP) is 1.88. The number of methoxy groups -OCH3 is 1. The van der Waals surface area contributed by atoms with E-state index in [4.69, 9.17) is 4.42 Å². The normalized spacial score (nSPS) is 12.9. The van der Waals surface area contributed by atoms with Crippen molar-refractivity contribution in [2.24, 2.45) is 0 Å². The van der Waals surface area contributed by atoms with Crippen LogP contribution in [0.3, 0.4) is 0 Å². The number of esters is 1. The summed E-state index contributed by atoms with van der Waals surface area (Å²) in [7, 11) is 1.29. The molecule has 2 rings (SSSR count). The summed E-state index contributed by atoms with van der Waals surface area (Å²) in [4.78, 5) is 36.6. The molecular weight excluding hydrogens is 332 g/mol. The summed E-state index contributed by atoms with van der Waals surface area (Å²) < 4.78 is 9.65. The van der Waals surface area contributed by atoms with Crippen molar-refractivity contribution in [3.63, 3.8) is 0 Å². The van der Waals surface area contributed by atoms with Gasteiger partial charge in [0.25, 0.3) is 5.91 Å². The molecule has 0 fully saturated rings. The highest BCUT2D eigenvalue weighted by molar-refractivity contribution is 7.10. The van der Waals surface area contributed by atoms with Gasteiger partial charge in [-0.3, -0.25) is 14.4 Å². The third-order valence-electron chi connectivity index (χ3n) is 3.29. The lowest BCUT2D eigenvalue weighted by Gasteiger charge is -2.20. The van der Waals surface area contributed by atoms with Crippen molar-refractivity contribution in [3.05, 3.63) is 46.5 Å². The quantitative estimate of drug-likeness (QED) is 0.743. The number of hydrogen-bond donors (Lipinski definition) is 2. The van der Waals surface area contributed by atoms with E-state index in [0.29, 0.717) is 0 Å². The summed E-state index contributed by atoms with van der Waals surface area (Å²) in [5, 5.41) is 7.16. The molecule has 0 aromatic carbocycles. The molecule has 0 saturated heterocycles. The van der Waals surface area contributed by atoms with Crippen LogP contribution in [0.1, 0.15) is 34.8 Å². The molecule has 0 radical (unpaired) electrons. The summed E-state index contributed by atoms with van der Waals surface area (Å²) in [6.45, 7) is 1.56. The van der Waals surface area contributed by atoms with E-state index >= 15 is 0 Å². The van der Waals surface area contributed by atoms with Crippen molar-refractivity contribution in [1.82, 2.24) is 10.6 Å². The zero-order valence-corrected chi connectivity index (χ0v) is 14.1. The molecule has 24 heavy (non-hydrogen) atoms. The summed E-state index contributed by atoms with van der Waals surface area (Å²) in [5.74, 6) is -1.19. The van der Waals surface area contributed by atoms with Gasteiger partial charge in [-0.15, -0.1) is 11.3 Å². The second kappa shape index (κ2) is 8.30. The van der Waals surface area contributed by atoms with E-state index in [2.05, 4.69) is 15.4 Å². The van der Waals surface area contributed by atoms with Crippen LogP contribution in [0.5, 0.6) is 0 Å². The minimum Gasteiger partial charge on any atom is -0.469 e. The number of rotatable bonds is 7. The van der Waals surface area contributed by atoms with Gasteiger partial charge >= 0.3 is 5.97 Å². The van der Waals surface area contributed by atoms with E-state index in [1.807, 2.05) is 17.5 Å². The van der Waals surface area contributed by atoms with Gasteiger partial charge in [-0.2, -0.15) is 0 Å². The lowest BCUT2D eigenvalue weighted by atomic mass is 10.1. The van der Waals surface area contributed by atoms with Gasteiger partial charge in [-0.25, -0.2) is 0 Å². The first-order valence-corrected chi connectivity index (χ1v) is 8.14. The predicted molar refractivity (Wildman–Crippen MR) is 87.5 cm³/mol. The minimum atomic E-state index is -0.789. The molecule has 0 aliphatic rings. The number of carbonyl (C=O) groups is 3. The molecule has 8 heteroatoms. The molecule has 0 saturated carbocycles. The van der Waals surface area contributed by atoms with Crippen LogP contribution in [0, 0.1) is 0 Å². The van der Waals surface area contributed by atoms with E-state index < -0.39 is 29.9 Å². The Morgan fingerprint density at radius 1 is 1.25 bits per heavy atom. The number of furan rings is 1. The molecule has 2 aromatic heterocycles. The van der Waals surface area contributed by atoms with Gasteiger partial charge in [0.05, 0.1) is 25.8 Å². The van der Waals surface area contributed by atoms with Gasteiger partial charge in [-0.1, -0.05) is 6.07 Å². The van der Waals surface area contributed by atoms with Crippen LogP contribution in [-0.4, -0.2) is 30.9 Å². The molecule has 7 nitrogen and oxygen atoms in total. The summed E-state index contributed by atoms with van der Waals surface area (Å²) in [6, 6.07) is 5.45. The van der Waals surface area contributed by atoms with E-state index in [1.54, 1.807) is 13.0 Å². The smallest absolute Gasteiger partial charge is 0.307 e. The Balaban J connectivity index is 1.98. The Kier molecular flexibility index (Phi) is 6.14. The maximum atomic E-state index is 12.3. The van der Waals surface area contributed by atoms with Crippen molar-refractivity contribution in [3.8, 4) is 0 Å². The number of amides is 2. The van der Waals surface area contributed by atoms with E-state index in [0.717, 1.165) is 4.88 Å². The fourth-order valence-corrected chi connectivity index (χ4v) is 2.78. The molecule has 2 amide bonds. The molecule has 2 unspecified atom stereocenters. The van der Waals surface area contributed by atoms with Crippen molar-refractivity contribution < 1.29 is 23.5 Å². The van der Waals surface area contributed by atoms with E-state index in [-0.39, 0.29) is 12.2 Å². The van der Waals surface area contributed by atoms with Crippen LogP contribution in [0.25, 0.3) is 0 Å². The Labute approximate surface area is 143 Å². The summed E-state index contributed by atoms with van der Waals surface area (Å²) in [5.41, 5.74) is 0. The van der Waals surface area contributed by atoms with Crippen molar-refractivity contribution in [2.75, 3.05) is 7.11 Å². The van der Waals surface area contributed by atoms with Crippen LogP contribution in [0.2, 0.25) is 0 Å². The third-order valence-corrected chi connectivity index (χ3v) is 4.27. The Hall–Kier alpha value is -2.61. The Morgan fingerprint density at radius 3 is 2.62 bits per heavy atom. The standard InChI is InChI=1S/C16H18N2O5S/c1-10(17-16(21)12-5-3-7-23-12)15(20)18-11(9-14(19)22-2)13-6-4-8-24-13/h3-8,10-11H,9H2,1-2H3,(H,17,21)(H,18,20). The molecule has 0 bridgehead atoms. The van der Waals surface area contributed by atoms with Crippen LogP contribution < -0.4 is 10.6 Å². The fourth-order valence-electron chi connectivity index (χ4n) is 2.00. The van der Waals surface area contributed by atoms with Gasteiger partial charge in [0, 0.05) is 4.88 Å².